The van der Waals surface area contributed by atoms with Gasteiger partial charge in [0.25, 0.3) is 0 Å². The number of halogens is 2. The Balaban J connectivity index is 2.50. The van der Waals surface area contributed by atoms with Crippen molar-refractivity contribution >= 4 is 23.2 Å². The summed E-state index contributed by atoms with van der Waals surface area (Å²) in [7, 11) is 0. The molecule has 2 atom stereocenters. The first kappa shape index (κ1) is 17.7. The first-order valence-corrected chi connectivity index (χ1v) is 7.82. The van der Waals surface area contributed by atoms with Crippen LogP contribution in [0, 0.1) is 0 Å². The lowest BCUT2D eigenvalue weighted by Crippen LogP contribution is -2.40. The molecule has 1 aromatic rings. The number of hydrogen-bond acceptors (Lipinski definition) is 3. The van der Waals surface area contributed by atoms with Crippen molar-refractivity contribution in [2.24, 2.45) is 0 Å². The summed E-state index contributed by atoms with van der Waals surface area (Å²) in [6.07, 6.45) is -0.652. The Morgan fingerprint density at radius 1 is 1.25 bits per heavy atom. The van der Waals surface area contributed by atoms with Crippen LogP contribution < -0.4 is 5.32 Å². The summed E-state index contributed by atoms with van der Waals surface area (Å²) in [4.78, 5) is 2.34. The van der Waals surface area contributed by atoms with Crippen molar-refractivity contribution in [2.45, 2.75) is 32.9 Å². The van der Waals surface area contributed by atoms with Crippen LogP contribution in [-0.2, 0) is 0 Å². The third-order valence-electron chi connectivity index (χ3n) is 3.40. The molecule has 1 aromatic carbocycles. The number of likely N-dealkylation sites (N-methyl/N-ethyl adjacent to an activating group) is 1. The highest BCUT2D eigenvalue weighted by atomic mass is 35.5. The maximum absolute atomic E-state index is 10.2. The lowest BCUT2D eigenvalue weighted by molar-refractivity contribution is 0.165. The van der Waals surface area contributed by atoms with Crippen LogP contribution in [0.3, 0.4) is 0 Å². The van der Waals surface area contributed by atoms with Crippen molar-refractivity contribution in [3.8, 4) is 0 Å². The molecule has 0 saturated heterocycles. The van der Waals surface area contributed by atoms with Crippen LogP contribution in [0.2, 0.25) is 10.0 Å². The quantitative estimate of drug-likeness (QED) is 0.771. The third-order valence-corrected chi connectivity index (χ3v) is 3.98. The van der Waals surface area contributed by atoms with E-state index in [0.717, 1.165) is 19.6 Å². The first-order chi connectivity index (χ1) is 9.47. The average molecular weight is 319 g/mol. The number of benzene rings is 1. The number of aliphatic hydroxyl groups excluding tert-OH is 1. The average Bonchev–Trinajstić information content (AvgIpc) is 2.44. The molecule has 2 N–H and O–H groups in total. The van der Waals surface area contributed by atoms with Gasteiger partial charge in [0.2, 0.25) is 0 Å². The second-order valence-corrected chi connectivity index (χ2v) is 5.82. The zero-order valence-electron chi connectivity index (χ0n) is 12.4. The number of aliphatic hydroxyl groups is 1. The minimum atomic E-state index is -0.652. The Bertz CT molecular complexity index is 411. The van der Waals surface area contributed by atoms with Crippen LogP contribution in [0.25, 0.3) is 0 Å². The van der Waals surface area contributed by atoms with Gasteiger partial charge in [0.1, 0.15) is 0 Å². The monoisotopic (exact) mass is 318 g/mol. The van der Waals surface area contributed by atoms with Crippen molar-refractivity contribution in [1.82, 2.24) is 10.2 Å². The molecule has 0 aliphatic rings. The van der Waals surface area contributed by atoms with E-state index in [1.807, 2.05) is 0 Å². The molecule has 0 spiro atoms. The van der Waals surface area contributed by atoms with Crippen molar-refractivity contribution < 1.29 is 5.11 Å². The highest BCUT2D eigenvalue weighted by Gasteiger charge is 2.14. The van der Waals surface area contributed by atoms with Gasteiger partial charge in [-0.25, -0.2) is 0 Å². The van der Waals surface area contributed by atoms with Gasteiger partial charge >= 0.3 is 0 Å². The van der Waals surface area contributed by atoms with Crippen LogP contribution in [0.4, 0.5) is 0 Å². The molecule has 0 aliphatic heterocycles. The van der Waals surface area contributed by atoms with Crippen molar-refractivity contribution in [1.29, 1.82) is 0 Å². The van der Waals surface area contributed by atoms with E-state index in [0.29, 0.717) is 28.2 Å². The van der Waals surface area contributed by atoms with Gasteiger partial charge < -0.3 is 15.3 Å². The van der Waals surface area contributed by atoms with E-state index >= 15 is 0 Å². The fourth-order valence-electron chi connectivity index (χ4n) is 2.13. The second kappa shape index (κ2) is 8.85. The maximum Gasteiger partial charge on any atom is 0.0929 e. The van der Waals surface area contributed by atoms with Gasteiger partial charge in [-0.3, -0.25) is 0 Å². The Morgan fingerprint density at radius 2 is 1.90 bits per heavy atom. The molecule has 0 heterocycles. The number of nitrogens with one attached hydrogen (secondary N) is 1. The molecule has 2 unspecified atom stereocenters. The molecule has 3 nitrogen and oxygen atoms in total. The molecule has 0 aliphatic carbocycles. The molecule has 0 fully saturated rings. The predicted octanol–water partition coefficient (Wildman–Crippen LogP) is 3.35. The van der Waals surface area contributed by atoms with Gasteiger partial charge in [-0.1, -0.05) is 37.0 Å². The molecule has 20 heavy (non-hydrogen) atoms. The SMILES string of the molecule is CCN(CC)CC(C)NCC(O)c1cc(Cl)ccc1Cl. The largest absolute Gasteiger partial charge is 0.387 e. The standard InChI is InChI=1S/C15H24Cl2N2O/c1-4-19(5-2)10-11(3)18-9-15(20)13-8-12(16)6-7-14(13)17/h6-8,11,15,18,20H,4-5,9-10H2,1-3H3. The predicted molar refractivity (Wildman–Crippen MR) is 86.7 cm³/mol. The van der Waals surface area contributed by atoms with E-state index in [-0.39, 0.29) is 0 Å². The fourth-order valence-corrected chi connectivity index (χ4v) is 2.55. The lowest BCUT2D eigenvalue weighted by atomic mass is 10.1. The highest BCUT2D eigenvalue weighted by molar-refractivity contribution is 6.33. The summed E-state index contributed by atoms with van der Waals surface area (Å²) < 4.78 is 0. The molecule has 114 valence electrons. The minimum absolute atomic E-state index is 0.308. The van der Waals surface area contributed by atoms with Crippen LogP contribution in [0.5, 0.6) is 0 Å². The zero-order chi connectivity index (χ0) is 15.1. The molecule has 0 bridgehead atoms. The Hall–Kier alpha value is -0.320. The van der Waals surface area contributed by atoms with Crippen LogP contribution in [0.15, 0.2) is 18.2 Å². The second-order valence-electron chi connectivity index (χ2n) is 4.98. The van der Waals surface area contributed by atoms with E-state index in [4.69, 9.17) is 23.2 Å². The molecule has 0 aromatic heterocycles. The number of rotatable bonds is 8. The Labute approximate surface area is 131 Å². The first-order valence-electron chi connectivity index (χ1n) is 7.06. The fraction of sp³-hybridized carbons (Fsp3) is 0.600. The lowest BCUT2D eigenvalue weighted by Gasteiger charge is -2.24. The van der Waals surface area contributed by atoms with Crippen molar-refractivity contribution in [2.75, 3.05) is 26.2 Å². The van der Waals surface area contributed by atoms with E-state index in [1.54, 1.807) is 18.2 Å². The van der Waals surface area contributed by atoms with E-state index < -0.39 is 6.10 Å². The Morgan fingerprint density at radius 3 is 2.50 bits per heavy atom. The maximum atomic E-state index is 10.2. The summed E-state index contributed by atoms with van der Waals surface area (Å²) in [5.41, 5.74) is 0.668. The summed E-state index contributed by atoms with van der Waals surface area (Å²) in [5.74, 6) is 0. The third kappa shape index (κ3) is 5.58. The molecule has 0 radical (unpaired) electrons. The van der Waals surface area contributed by atoms with Gasteiger partial charge in [0, 0.05) is 34.7 Å². The van der Waals surface area contributed by atoms with Crippen LogP contribution in [-0.4, -0.2) is 42.2 Å². The molecular weight excluding hydrogens is 295 g/mol. The van der Waals surface area contributed by atoms with Gasteiger partial charge in [-0.15, -0.1) is 0 Å². The smallest absolute Gasteiger partial charge is 0.0929 e. The van der Waals surface area contributed by atoms with Gasteiger partial charge in [0.15, 0.2) is 0 Å². The molecule has 1 rings (SSSR count). The van der Waals surface area contributed by atoms with E-state index in [2.05, 4.69) is 31.0 Å². The summed E-state index contributed by atoms with van der Waals surface area (Å²) in [6.45, 7) is 9.90. The Kier molecular flexibility index (Phi) is 7.85. The summed E-state index contributed by atoms with van der Waals surface area (Å²) in [5, 5.41) is 14.7. The molecule has 0 saturated carbocycles. The van der Waals surface area contributed by atoms with Crippen molar-refractivity contribution in [3.05, 3.63) is 33.8 Å². The van der Waals surface area contributed by atoms with E-state index in [1.165, 1.54) is 0 Å². The molecule has 5 heteroatoms. The molecule has 0 amide bonds. The zero-order valence-corrected chi connectivity index (χ0v) is 13.9. The van der Waals surface area contributed by atoms with Crippen LogP contribution >= 0.6 is 23.2 Å². The minimum Gasteiger partial charge on any atom is -0.387 e. The number of hydrogen-bond donors (Lipinski definition) is 2. The highest BCUT2D eigenvalue weighted by Crippen LogP contribution is 2.26. The van der Waals surface area contributed by atoms with E-state index in [9.17, 15) is 5.11 Å². The topological polar surface area (TPSA) is 35.5 Å². The van der Waals surface area contributed by atoms with Gasteiger partial charge in [-0.05, 0) is 38.2 Å². The van der Waals surface area contributed by atoms with Crippen molar-refractivity contribution in [3.63, 3.8) is 0 Å². The number of nitrogens with zero attached hydrogens (tertiary/aromatic N) is 1. The van der Waals surface area contributed by atoms with Gasteiger partial charge in [-0.2, -0.15) is 0 Å². The summed E-state index contributed by atoms with van der Waals surface area (Å²) >= 11 is 12.0. The normalized spacial score (nSPS) is 14.6. The summed E-state index contributed by atoms with van der Waals surface area (Å²) in [6, 6.07) is 5.45. The van der Waals surface area contributed by atoms with Gasteiger partial charge in [0.05, 0.1) is 6.10 Å². The van der Waals surface area contributed by atoms with Crippen LogP contribution in [0.1, 0.15) is 32.4 Å². The molecular formula is C15H24Cl2N2O.